The molecule has 0 aliphatic heterocycles. The van der Waals surface area contributed by atoms with Gasteiger partial charge in [0.05, 0.1) is 33.3 Å². The molecule has 3 heterocycles. The van der Waals surface area contributed by atoms with Gasteiger partial charge in [-0.05, 0) is 54.1 Å². The number of fused-ring (bicyclic) bond motifs is 9. The molecule has 7 aromatic carbocycles. The van der Waals surface area contributed by atoms with Crippen molar-refractivity contribution in [3.8, 4) is 28.6 Å². The van der Waals surface area contributed by atoms with Crippen LogP contribution in [-0.2, 0) is 0 Å². The Kier molecular flexibility index (Phi) is 5.32. The molecule has 47 heavy (non-hydrogen) atoms. The zero-order chi connectivity index (χ0) is 31.1. The van der Waals surface area contributed by atoms with E-state index in [1.54, 1.807) is 0 Å². The maximum atomic E-state index is 10.4. The highest BCUT2D eigenvalue weighted by Crippen LogP contribution is 2.41. The number of nitriles is 1. The van der Waals surface area contributed by atoms with Gasteiger partial charge in [0.25, 0.3) is 0 Å². The molecule has 0 aliphatic rings. The van der Waals surface area contributed by atoms with Crippen molar-refractivity contribution in [3.05, 3.63) is 157 Å². The second kappa shape index (κ2) is 9.71. The molecular weight excluding hydrogens is 574 g/mol. The molecule has 0 saturated heterocycles. The number of benzene rings is 7. The Bertz CT molecular complexity index is 2880. The summed E-state index contributed by atoms with van der Waals surface area (Å²) in [5.41, 5.74) is 10.7. The summed E-state index contributed by atoms with van der Waals surface area (Å²) in [5.74, 6) is 0. The van der Waals surface area contributed by atoms with Crippen molar-refractivity contribution in [2.75, 3.05) is 0 Å². The second-order valence-corrected chi connectivity index (χ2v) is 12.0. The average Bonchev–Trinajstić information content (AvgIpc) is 3.77. The summed E-state index contributed by atoms with van der Waals surface area (Å²) in [6.45, 7) is 0. The number of hydrogen-bond acceptors (Lipinski definition) is 2. The van der Waals surface area contributed by atoms with E-state index in [0.29, 0.717) is 5.56 Å². The predicted octanol–water partition coefficient (Wildman–Crippen LogP) is 11.3. The lowest BCUT2D eigenvalue weighted by Crippen LogP contribution is -2.01. The van der Waals surface area contributed by atoms with E-state index < -0.39 is 0 Å². The van der Waals surface area contributed by atoms with Gasteiger partial charge in [-0.1, -0.05) is 97.1 Å². The highest BCUT2D eigenvalue weighted by molar-refractivity contribution is 6.17. The van der Waals surface area contributed by atoms with Crippen molar-refractivity contribution in [1.82, 2.24) is 9.13 Å². The molecule has 0 aliphatic carbocycles. The predicted molar refractivity (Wildman–Crippen MR) is 193 cm³/mol. The average molecular weight is 600 g/mol. The summed E-state index contributed by atoms with van der Waals surface area (Å²) in [5, 5.41) is 17.4. The number of furan rings is 1. The molecule has 0 bridgehead atoms. The van der Waals surface area contributed by atoms with Gasteiger partial charge >= 0.3 is 0 Å². The van der Waals surface area contributed by atoms with Gasteiger partial charge in [-0.2, -0.15) is 5.26 Å². The summed E-state index contributed by atoms with van der Waals surface area (Å²) in [6.07, 6.45) is 0. The molecule has 0 fully saturated rings. The monoisotopic (exact) mass is 599 g/mol. The second-order valence-electron chi connectivity index (χ2n) is 12.0. The van der Waals surface area contributed by atoms with Crippen LogP contribution >= 0.6 is 0 Å². The number of rotatable bonds is 3. The molecule has 4 heteroatoms. The third-order valence-corrected chi connectivity index (χ3v) is 9.55. The Morgan fingerprint density at radius 3 is 1.79 bits per heavy atom. The Morgan fingerprint density at radius 1 is 0.447 bits per heavy atom. The van der Waals surface area contributed by atoms with Gasteiger partial charge in [0.1, 0.15) is 17.2 Å². The zero-order valence-electron chi connectivity index (χ0n) is 25.2. The van der Waals surface area contributed by atoms with Crippen molar-refractivity contribution in [1.29, 1.82) is 5.26 Å². The van der Waals surface area contributed by atoms with Gasteiger partial charge in [0.2, 0.25) is 0 Å². The molecule has 0 N–H and O–H groups in total. The maximum absolute atomic E-state index is 10.4. The van der Waals surface area contributed by atoms with Crippen molar-refractivity contribution < 1.29 is 4.42 Å². The molecule has 0 saturated carbocycles. The number of nitrogens with zero attached hydrogens (tertiary/aromatic N) is 3. The fraction of sp³-hybridized carbons (Fsp3) is 0. The highest BCUT2D eigenvalue weighted by Gasteiger charge is 2.20. The Morgan fingerprint density at radius 2 is 1.06 bits per heavy atom. The lowest BCUT2D eigenvalue weighted by atomic mass is 9.99. The van der Waals surface area contributed by atoms with Crippen LogP contribution in [0.15, 0.2) is 156 Å². The van der Waals surface area contributed by atoms with E-state index in [-0.39, 0.29) is 0 Å². The molecular formula is C43H25N3O. The van der Waals surface area contributed by atoms with Gasteiger partial charge in [-0.25, -0.2) is 0 Å². The maximum Gasteiger partial charge on any atom is 0.137 e. The first kappa shape index (κ1) is 25.7. The number of aromatic nitrogens is 2. The van der Waals surface area contributed by atoms with Crippen molar-refractivity contribution in [2.45, 2.75) is 0 Å². The van der Waals surface area contributed by atoms with Crippen LogP contribution in [0.1, 0.15) is 5.56 Å². The fourth-order valence-electron chi connectivity index (χ4n) is 7.55. The molecule has 10 aromatic rings. The molecule has 0 radical (unpaired) electrons. The minimum atomic E-state index is 0.628. The summed E-state index contributed by atoms with van der Waals surface area (Å²) in [7, 11) is 0. The molecule has 3 aromatic heterocycles. The largest absolute Gasteiger partial charge is 0.456 e. The fourth-order valence-corrected chi connectivity index (χ4v) is 7.55. The van der Waals surface area contributed by atoms with Gasteiger partial charge in [0, 0.05) is 49.6 Å². The number of para-hydroxylation sites is 5. The first-order valence-corrected chi connectivity index (χ1v) is 15.8. The first-order chi connectivity index (χ1) is 23.3. The summed E-state index contributed by atoms with van der Waals surface area (Å²) < 4.78 is 10.9. The lowest BCUT2D eigenvalue weighted by Gasteiger charge is -2.17. The van der Waals surface area contributed by atoms with E-state index in [1.807, 2.05) is 24.3 Å². The molecule has 0 amide bonds. The van der Waals surface area contributed by atoms with Gasteiger partial charge < -0.3 is 13.6 Å². The SMILES string of the molecule is N#Cc1cccc(-c2cccc(-n3c4ccccc4c4cc5c(cc43)oc3ccccc35)c2)c1-n1c2ccccc2c2ccccc21. The summed E-state index contributed by atoms with van der Waals surface area (Å²) in [4.78, 5) is 0. The van der Waals surface area contributed by atoms with Crippen molar-refractivity contribution in [3.63, 3.8) is 0 Å². The van der Waals surface area contributed by atoms with E-state index >= 15 is 0 Å². The Labute approximate surface area is 269 Å². The van der Waals surface area contributed by atoms with E-state index in [4.69, 9.17) is 4.42 Å². The molecule has 0 unspecified atom stereocenters. The van der Waals surface area contributed by atoms with Gasteiger partial charge in [-0.3, -0.25) is 0 Å². The summed E-state index contributed by atoms with van der Waals surface area (Å²) in [6, 6.07) is 55.3. The quantitative estimate of drug-likeness (QED) is 0.203. The van der Waals surface area contributed by atoms with Crippen LogP contribution in [0, 0.1) is 11.3 Å². The van der Waals surface area contributed by atoms with Crippen LogP contribution in [0.5, 0.6) is 0 Å². The molecule has 0 spiro atoms. The lowest BCUT2D eigenvalue weighted by molar-refractivity contribution is 0.669. The van der Waals surface area contributed by atoms with Crippen LogP contribution in [0.25, 0.3) is 88.1 Å². The van der Waals surface area contributed by atoms with E-state index in [1.165, 1.54) is 10.8 Å². The Balaban J connectivity index is 1.25. The van der Waals surface area contributed by atoms with Crippen LogP contribution in [0.3, 0.4) is 0 Å². The topological polar surface area (TPSA) is 46.8 Å². The van der Waals surface area contributed by atoms with Gasteiger partial charge in [-0.15, -0.1) is 0 Å². The van der Waals surface area contributed by atoms with Crippen LogP contribution < -0.4 is 0 Å². The molecule has 10 rings (SSSR count). The minimum Gasteiger partial charge on any atom is -0.456 e. The van der Waals surface area contributed by atoms with Gasteiger partial charge in [0.15, 0.2) is 0 Å². The first-order valence-electron chi connectivity index (χ1n) is 15.8. The molecule has 4 nitrogen and oxygen atoms in total. The standard InChI is InChI=1S/C43H25N3O/c44-26-28-12-10-18-30(43(28)46-38-20-6-1-14-31(38)32-15-2-7-21-39(32)46)27-11-9-13-29(23-27)45-37-19-5-3-16-33(37)35-24-36-34-17-4-8-22-41(34)47-42(36)25-40(35)45/h1-25H. The van der Waals surface area contributed by atoms with E-state index in [0.717, 1.165) is 77.3 Å². The molecule has 0 atom stereocenters. The van der Waals surface area contributed by atoms with Crippen LogP contribution in [0.2, 0.25) is 0 Å². The normalized spacial score (nSPS) is 11.8. The van der Waals surface area contributed by atoms with Crippen molar-refractivity contribution >= 4 is 65.6 Å². The highest BCUT2D eigenvalue weighted by atomic mass is 16.3. The van der Waals surface area contributed by atoms with Crippen molar-refractivity contribution in [2.24, 2.45) is 0 Å². The third-order valence-electron chi connectivity index (χ3n) is 9.55. The zero-order valence-corrected chi connectivity index (χ0v) is 25.2. The smallest absolute Gasteiger partial charge is 0.137 e. The third kappa shape index (κ3) is 3.63. The Hall–Kier alpha value is -6.57. The molecule has 218 valence electrons. The summed E-state index contributed by atoms with van der Waals surface area (Å²) >= 11 is 0. The van der Waals surface area contributed by atoms with E-state index in [9.17, 15) is 5.26 Å². The minimum absolute atomic E-state index is 0.628. The van der Waals surface area contributed by atoms with Crippen LogP contribution in [0.4, 0.5) is 0 Å². The van der Waals surface area contributed by atoms with E-state index in [2.05, 4.69) is 143 Å². The number of hydrogen-bond donors (Lipinski definition) is 0. The van der Waals surface area contributed by atoms with Crippen LogP contribution in [-0.4, -0.2) is 9.13 Å².